The van der Waals surface area contributed by atoms with Crippen molar-refractivity contribution in [3.63, 3.8) is 0 Å². The number of halogens is 1. The topological polar surface area (TPSA) is 123 Å². The molecule has 184 valence electrons. The van der Waals surface area contributed by atoms with Crippen molar-refractivity contribution in [2.45, 2.75) is 48.8 Å². The molecule has 2 N–H and O–H groups in total. The van der Waals surface area contributed by atoms with Crippen LogP contribution in [0, 0.1) is 0 Å². The van der Waals surface area contributed by atoms with E-state index in [1.54, 1.807) is 12.1 Å². The van der Waals surface area contributed by atoms with Crippen LogP contribution in [0.25, 0.3) is 0 Å². The van der Waals surface area contributed by atoms with Crippen molar-refractivity contribution >= 4 is 56.0 Å². The van der Waals surface area contributed by atoms with Crippen LogP contribution in [0.2, 0.25) is 0 Å². The van der Waals surface area contributed by atoms with Gasteiger partial charge in [0.1, 0.15) is 30.4 Å². The lowest BCUT2D eigenvalue weighted by Crippen LogP contribution is -2.60. The van der Waals surface area contributed by atoms with Gasteiger partial charge in [0.05, 0.1) is 31.0 Å². The highest BCUT2D eigenvalue weighted by atomic mass is 79.9. The normalized spacial score (nSPS) is 29.2. The predicted molar refractivity (Wildman–Crippen MR) is 128 cm³/mol. The summed E-state index contributed by atoms with van der Waals surface area (Å²) in [5.41, 5.74) is -1.72. The summed E-state index contributed by atoms with van der Waals surface area (Å²) in [4.78, 5) is 14.3. The van der Waals surface area contributed by atoms with Crippen LogP contribution < -0.4 is 0 Å². The predicted octanol–water partition coefficient (Wildman–Crippen LogP) is 2.36. The Hall–Kier alpha value is -0.900. The van der Waals surface area contributed by atoms with E-state index in [0.29, 0.717) is 34.0 Å². The van der Waals surface area contributed by atoms with Crippen molar-refractivity contribution < 1.29 is 41.0 Å². The van der Waals surface area contributed by atoms with Gasteiger partial charge in [0, 0.05) is 12.8 Å². The Morgan fingerprint density at radius 3 is 1.94 bits per heavy atom. The zero-order valence-electron chi connectivity index (χ0n) is 18.2. The minimum atomic E-state index is -4.16. The van der Waals surface area contributed by atoms with E-state index in [9.17, 15) is 18.3 Å². The van der Waals surface area contributed by atoms with Crippen molar-refractivity contribution in [2.75, 3.05) is 21.2 Å². The highest BCUT2D eigenvalue weighted by Crippen LogP contribution is 2.52. The number of fused-ring (bicyclic) bond motifs is 5. The van der Waals surface area contributed by atoms with Gasteiger partial charge >= 0.3 is 16.4 Å². The van der Waals surface area contributed by atoms with Crippen LogP contribution in [-0.2, 0) is 34.5 Å². The molecule has 33 heavy (non-hydrogen) atoms. The minimum absolute atomic E-state index is 0. The van der Waals surface area contributed by atoms with Crippen molar-refractivity contribution in [3.05, 3.63) is 44.8 Å². The Morgan fingerprint density at radius 1 is 1.12 bits per heavy atom. The smallest absolute Gasteiger partial charge is 0.397 e. The number of thiophene rings is 2. The van der Waals surface area contributed by atoms with Crippen molar-refractivity contribution in [2.24, 2.45) is 0 Å². The van der Waals surface area contributed by atoms with Gasteiger partial charge < -0.3 is 19.1 Å². The van der Waals surface area contributed by atoms with Gasteiger partial charge in [0.15, 0.2) is 0 Å². The van der Waals surface area contributed by atoms with E-state index in [0.717, 1.165) is 24.4 Å². The molecule has 3 aliphatic heterocycles. The van der Waals surface area contributed by atoms with Crippen LogP contribution in [-0.4, -0.2) is 80.1 Å². The largest absolute Gasteiger partial charge is 0.459 e. The molecular weight excluding hydrogens is 558 g/mol. The first-order valence-electron chi connectivity index (χ1n) is 10.0. The second-order valence-electron chi connectivity index (χ2n) is 8.59. The molecule has 0 spiro atoms. The van der Waals surface area contributed by atoms with E-state index < -0.39 is 22.0 Å². The molecule has 2 aromatic rings. The third-order valence-corrected chi connectivity index (χ3v) is 8.95. The van der Waals surface area contributed by atoms with Gasteiger partial charge in [-0.1, -0.05) is 12.1 Å². The molecule has 9 nitrogen and oxygen atoms in total. The molecule has 5 heterocycles. The second-order valence-corrected chi connectivity index (χ2v) is 11.7. The summed E-state index contributed by atoms with van der Waals surface area (Å²) in [6, 6.07) is 8.01. The molecule has 3 fully saturated rings. The summed E-state index contributed by atoms with van der Waals surface area (Å²) in [6.45, 7) is 0. The molecule has 5 rings (SSSR count). The first-order valence-corrected chi connectivity index (χ1v) is 13.1. The molecule has 5 atom stereocenters. The number of piperidine rings is 1. The van der Waals surface area contributed by atoms with E-state index in [-0.39, 0.29) is 23.1 Å². The van der Waals surface area contributed by atoms with Crippen molar-refractivity contribution in [1.82, 2.24) is 0 Å². The lowest BCUT2D eigenvalue weighted by atomic mass is 9.95. The molecule has 2 bridgehead atoms. The number of hydrogen-bond acceptors (Lipinski definition) is 9. The first kappa shape index (κ1) is 26.7. The van der Waals surface area contributed by atoms with Gasteiger partial charge in [-0.3, -0.25) is 8.74 Å². The van der Waals surface area contributed by atoms with Gasteiger partial charge in [-0.05, 0) is 22.9 Å². The molecule has 0 radical (unpaired) electrons. The number of likely N-dealkylation sites (N-methyl/N-ethyl adjacent to an activating group) is 1. The van der Waals surface area contributed by atoms with Gasteiger partial charge in [-0.15, -0.1) is 39.7 Å². The number of carbonyl (C=O) groups excluding carboxylic acids is 1. The van der Waals surface area contributed by atoms with Gasteiger partial charge in [-0.25, -0.2) is 4.79 Å². The van der Waals surface area contributed by atoms with Crippen LogP contribution >= 0.6 is 39.7 Å². The minimum Gasteiger partial charge on any atom is -0.459 e. The third-order valence-electron chi connectivity index (χ3n) is 6.57. The number of rotatable bonds is 5. The fourth-order valence-corrected chi connectivity index (χ4v) is 6.54. The molecular formula is C20H27BrNO8S3+. The number of carbonyl (C=O) groups is 1. The quantitative estimate of drug-likeness (QED) is 0.238. The lowest BCUT2D eigenvalue weighted by Gasteiger charge is -2.45. The second kappa shape index (κ2) is 9.63. The molecule has 3 aliphatic rings. The summed E-state index contributed by atoms with van der Waals surface area (Å²) in [5, 5.41) is 15.1. The Balaban J connectivity index is 0.000000391. The molecule has 13 heteroatoms. The highest BCUT2D eigenvalue weighted by molar-refractivity contribution is 8.93. The van der Waals surface area contributed by atoms with Gasteiger partial charge in [-0.2, -0.15) is 8.42 Å². The number of nitrogens with zero attached hydrogens (tertiary/aromatic N) is 1. The maximum Gasteiger partial charge on any atom is 0.397 e. The molecule has 2 aromatic heterocycles. The fraction of sp³-hybridized carbons (Fsp3) is 0.550. The molecule has 0 aliphatic carbocycles. The summed E-state index contributed by atoms with van der Waals surface area (Å²) in [6.07, 6.45) is 2.05. The number of epoxide rings is 1. The molecule has 0 saturated carbocycles. The maximum atomic E-state index is 13.1. The Kier molecular flexibility index (Phi) is 7.79. The molecule has 3 saturated heterocycles. The molecule has 1 unspecified atom stereocenters. The van der Waals surface area contributed by atoms with E-state index in [1.807, 2.05) is 22.9 Å². The standard InChI is InChI=1S/C19H22NO4S2.CH4O4S.BrH/c1-20(2)12-9-11(10-13(20)17-16(12)24-17)23-18(21)19(22,14-5-3-7-25-14)15-6-4-8-26-15;1-5-6(2,3)4;/h3-8,11-13,16-17,22H,9-10H2,1-2H3;1H3,(H,2,3,4);1H/q+1;;/t11?,12-,13+,16-,17+;;. The van der Waals surface area contributed by atoms with Crippen LogP contribution in [0.1, 0.15) is 22.6 Å². The number of quaternary nitrogens is 1. The SMILES string of the molecule is Br.COS(=O)(=O)O.C[N+]1(C)[C@@H]2CC(OC(=O)C(O)(c3cccs3)c3cccs3)C[C@H]1[C@@H]1O[C@@H]12. The average molecular weight is 586 g/mol. The average Bonchev–Trinajstić information content (AvgIpc) is 3.09. The number of esters is 1. The van der Waals surface area contributed by atoms with E-state index in [2.05, 4.69) is 18.3 Å². The van der Waals surface area contributed by atoms with Crippen LogP contribution in [0.5, 0.6) is 0 Å². The van der Waals surface area contributed by atoms with Crippen molar-refractivity contribution in [1.29, 1.82) is 0 Å². The zero-order valence-corrected chi connectivity index (χ0v) is 22.4. The fourth-order valence-electron chi connectivity index (χ4n) is 4.83. The number of aliphatic hydroxyl groups is 1. The van der Waals surface area contributed by atoms with Crippen LogP contribution in [0.15, 0.2) is 35.0 Å². The van der Waals surface area contributed by atoms with E-state index in [4.69, 9.17) is 14.0 Å². The van der Waals surface area contributed by atoms with Crippen LogP contribution in [0.3, 0.4) is 0 Å². The maximum absolute atomic E-state index is 13.1. The van der Waals surface area contributed by atoms with Gasteiger partial charge in [0.25, 0.3) is 0 Å². The Bertz CT molecular complexity index is 1000. The van der Waals surface area contributed by atoms with E-state index in [1.165, 1.54) is 22.7 Å². The summed E-state index contributed by atoms with van der Waals surface area (Å²) in [5.74, 6) is -0.561. The zero-order chi connectivity index (χ0) is 23.3. The first-order chi connectivity index (χ1) is 15.0. The lowest BCUT2D eigenvalue weighted by molar-refractivity contribution is -0.938. The Labute approximate surface area is 211 Å². The van der Waals surface area contributed by atoms with Crippen molar-refractivity contribution in [3.8, 4) is 0 Å². The summed E-state index contributed by atoms with van der Waals surface area (Å²) in [7, 11) is 1.20. The monoisotopic (exact) mass is 584 g/mol. The van der Waals surface area contributed by atoms with E-state index >= 15 is 0 Å². The summed E-state index contributed by atoms with van der Waals surface area (Å²) >= 11 is 2.74. The van der Waals surface area contributed by atoms with Gasteiger partial charge in [0.2, 0.25) is 5.60 Å². The summed E-state index contributed by atoms with van der Waals surface area (Å²) < 4.78 is 42.4. The third kappa shape index (κ3) is 5.07. The number of morpholine rings is 1. The molecule has 0 aromatic carbocycles. The highest BCUT2D eigenvalue weighted by Gasteiger charge is 2.71. The molecule has 0 amide bonds. The number of hydrogen-bond donors (Lipinski definition) is 2. The van der Waals surface area contributed by atoms with Crippen LogP contribution in [0.4, 0.5) is 0 Å². The Morgan fingerprint density at radius 2 is 1.58 bits per heavy atom. The number of ether oxygens (including phenoxy) is 2.